The molecular formula is C15H14N4O2S. The Kier molecular flexibility index (Phi) is 4.06. The van der Waals surface area contributed by atoms with Crippen LogP contribution in [0.4, 0.5) is 0 Å². The number of ketones is 1. The van der Waals surface area contributed by atoms with Gasteiger partial charge in [-0.15, -0.1) is 0 Å². The average molecular weight is 314 g/mol. The van der Waals surface area contributed by atoms with Crippen LogP contribution >= 0.6 is 11.8 Å². The molecule has 0 saturated carbocycles. The van der Waals surface area contributed by atoms with Crippen LogP contribution in [0.2, 0.25) is 0 Å². The number of methoxy groups -OCH3 is 1. The zero-order valence-corrected chi connectivity index (χ0v) is 13.0. The first-order valence-electron chi connectivity index (χ1n) is 6.62. The highest BCUT2D eigenvalue weighted by Gasteiger charge is 2.12. The first-order valence-corrected chi connectivity index (χ1v) is 7.60. The van der Waals surface area contributed by atoms with E-state index in [4.69, 9.17) is 4.74 Å². The fourth-order valence-electron chi connectivity index (χ4n) is 2.07. The molecule has 0 aliphatic rings. The van der Waals surface area contributed by atoms with E-state index in [0.717, 1.165) is 16.1 Å². The molecule has 2 aromatic heterocycles. The van der Waals surface area contributed by atoms with E-state index >= 15 is 0 Å². The molecule has 0 radical (unpaired) electrons. The summed E-state index contributed by atoms with van der Waals surface area (Å²) < 4.78 is 6.82. The molecule has 0 fully saturated rings. The number of ether oxygens (including phenoxy) is 1. The molecule has 3 rings (SSSR count). The van der Waals surface area contributed by atoms with Crippen molar-refractivity contribution in [3.05, 3.63) is 42.4 Å². The highest BCUT2D eigenvalue weighted by molar-refractivity contribution is 8.00. The number of Topliss-reactive ketones (excluding diaryl/α,β-unsaturated/α-hetero) is 1. The predicted molar refractivity (Wildman–Crippen MR) is 84.4 cm³/mol. The molecule has 0 saturated heterocycles. The van der Waals surface area contributed by atoms with E-state index in [1.54, 1.807) is 36.2 Å². The lowest BCUT2D eigenvalue weighted by molar-refractivity contribution is 0.102. The third kappa shape index (κ3) is 2.80. The van der Waals surface area contributed by atoms with Crippen LogP contribution in [0.15, 0.2) is 41.8 Å². The van der Waals surface area contributed by atoms with E-state index in [1.165, 1.54) is 18.1 Å². The smallest absolute Gasteiger partial charge is 0.173 e. The monoisotopic (exact) mass is 314 g/mol. The van der Waals surface area contributed by atoms with Gasteiger partial charge in [-0.1, -0.05) is 23.9 Å². The van der Waals surface area contributed by atoms with Crippen LogP contribution in [0, 0.1) is 0 Å². The van der Waals surface area contributed by atoms with Crippen LogP contribution < -0.4 is 4.74 Å². The maximum Gasteiger partial charge on any atom is 0.173 e. The van der Waals surface area contributed by atoms with Crippen LogP contribution in [0.5, 0.6) is 5.75 Å². The number of fused-ring (bicyclic) bond motifs is 1. The van der Waals surface area contributed by atoms with E-state index in [0.29, 0.717) is 17.1 Å². The van der Waals surface area contributed by atoms with E-state index in [-0.39, 0.29) is 5.78 Å². The van der Waals surface area contributed by atoms with Gasteiger partial charge in [0.2, 0.25) is 0 Å². The van der Waals surface area contributed by atoms with Gasteiger partial charge in [0.15, 0.2) is 11.4 Å². The number of thioether (sulfide) groups is 1. The minimum Gasteiger partial charge on any atom is -0.497 e. The number of hydrogen-bond donors (Lipinski definition) is 0. The summed E-state index contributed by atoms with van der Waals surface area (Å²) in [6, 6.07) is 7.14. The van der Waals surface area contributed by atoms with Gasteiger partial charge in [0.25, 0.3) is 0 Å². The second-order valence-corrected chi connectivity index (χ2v) is 5.59. The summed E-state index contributed by atoms with van der Waals surface area (Å²) >= 11 is 1.38. The zero-order valence-electron chi connectivity index (χ0n) is 12.2. The van der Waals surface area contributed by atoms with E-state index < -0.39 is 0 Å². The Hall–Kier alpha value is -2.41. The number of nitrogens with zero attached hydrogens (tertiary/aromatic N) is 4. The summed E-state index contributed by atoms with van der Waals surface area (Å²) in [5, 5.41) is 5.78. The van der Waals surface area contributed by atoms with Crippen LogP contribution in [0.3, 0.4) is 0 Å². The topological polar surface area (TPSA) is 69.9 Å². The molecule has 6 nitrogen and oxygen atoms in total. The van der Waals surface area contributed by atoms with Crippen molar-refractivity contribution in [3.63, 3.8) is 0 Å². The lowest BCUT2D eigenvalue weighted by atomic mass is 10.1. The van der Waals surface area contributed by atoms with Gasteiger partial charge >= 0.3 is 0 Å². The van der Waals surface area contributed by atoms with Gasteiger partial charge < -0.3 is 4.74 Å². The first-order chi connectivity index (χ1) is 10.7. The largest absolute Gasteiger partial charge is 0.497 e. The Morgan fingerprint density at radius 1 is 1.36 bits per heavy atom. The van der Waals surface area contributed by atoms with Crippen LogP contribution in [-0.2, 0) is 7.05 Å². The first kappa shape index (κ1) is 14.5. The Morgan fingerprint density at radius 3 is 3.05 bits per heavy atom. The highest BCUT2D eigenvalue weighted by Crippen LogP contribution is 2.25. The van der Waals surface area contributed by atoms with Crippen molar-refractivity contribution in [2.24, 2.45) is 7.05 Å². The molecule has 7 heteroatoms. The SMILES string of the molecule is COc1cccc(C(=O)CSc2ncnc3c2cnn3C)c1. The molecule has 0 atom stereocenters. The molecule has 112 valence electrons. The number of aryl methyl sites for hydroxylation is 1. The van der Waals surface area contributed by atoms with Crippen molar-refractivity contribution >= 4 is 28.6 Å². The standard InChI is InChI=1S/C15H14N4O2S/c1-19-14-12(7-18-19)15(17-9-16-14)22-8-13(20)10-4-3-5-11(6-10)21-2/h3-7,9H,8H2,1-2H3. The third-order valence-electron chi connectivity index (χ3n) is 3.22. The van der Waals surface area contributed by atoms with Crippen molar-refractivity contribution in [1.82, 2.24) is 19.7 Å². The number of aromatic nitrogens is 4. The highest BCUT2D eigenvalue weighted by atomic mass is 32.2. The Labute approximate surface area is 131 Å². The Bertz CT molecular complexity index is 831. The number of benzene rings is 1. The van der Waals surface area contributed by atoms with Gasteiger partial charge in [-0.05, 0) is 12.1 Å². The summed E-state index contributed by atoms with van der Waals surface area (Å²) in [4.78, 5) is 20.7. The average Bonchev–Trinajstić information content (AvgIpc) is 2.94. The molecule has 0 aliphatic heterocycles. The van der Waals surface area contributed by atoms with Crippen molar-refractivity contribution in [3.8, 4) is 5.75 Å². The number of carbonyl (C=O) groups is 1. The minimum atomic E-state index is 0.0274. The molecule has 0 aliphatic carbocycles. The number of rotatable bonds is 5. The summed E-state index contributed by atoms with van der Waals surface area (Å²) in [6.45, 7) is 0. The predicted octanol–water partition coefficient (Wildman–Crippen LogP) is 2.35. The lowest BCUT2D eigenvalue weighted by Gasteiger charge is -2.04. The van der Waals surface area contributed by atoms with Gasteiger partial charge in [-0.2, -0.15) is 5.10 Å². The fraction of sp³-hybridized carbons (Fsp3) is 0.200. The fourth-order valence-corrected chi connectivity index (χ4v) is 2.92. The van der Waals surface area contributed by atoms with Gasteiger partial charge in [-0.25, -0.2) is 9.97 Å². The summed E-state index contributed by atoms with van der Waals surface area (Å²) in [6.07, 6.45) is 3.20. The second kappa shape index (κ2) is 6.15. The Balaban J connectivity index is 1.77. The maximum atomic E-state index is 12.3. The molecule has 1 aromatic carbocycles. The maximum absolute atomic E-state index is 12.3. The normalized spacial score (nSPS) is 10.8. The van der Waals surface area contributed by atoms with Crippen molar-refractivity contribution in [2.75, 3.05) is 12.9 Å². The summed E-state index contributed by atoms with van der Waals surface area (Å²) in [7, 11) is 3.41. The number of carbonyl (C=O) groups excluding carboxylic acids is 1. The molecule has 0 amide bonds. The molecule has 2 heterocycles. The molecule has 3 aromatic rings. The molecule has 0 N–H and O–H groups in total. The second-order valence-electron chi connectivity index (χ2n) is 4.63. The van der Waals surface area contributed by atoms with E-state index in [2.05, 4.69) is 15.1 Å². The quantitative estimate of drug-likeness (QED) is 0.409. The number of hydrogen-bond acceptors (Lipinski definition) is 6. The van der Waals surface area contributed by atoms with E-state index in [1.807, 2.05) is 13.1 Å². The van der Waals surface area contributed by atoms with Crippen LogP contribution in [-0.4, -0.2) is 38.4 Å². The van der Waals surface area contributed by atoms with E-state index in [9.17, 15) is 4.79 Å². The molecular weight excluding hydrogens is 300 g/mol. The lowest BCUT2D eigenvalue weighted by Crippen LogP contribution is -2.03. The third-order valence-corrected chi connectivity index (χ3v) is 4.23. The summed E-state index contributed by atoms with van der Waals surface area (Å²) in [5.41, 5.74) is 1.38. The van der Waals surface area contributed by atoms with Crippen molar-refractivity contribution in [2.45, 2.75) is 5.03 Å². The van der Waals surface area contributed by atoms with Crippen LogP contribution in [0.1, 0.15) is 10.4 Å². The van der Waals surface area contributed by atoms with Crippen LogP contribution in [0.25, 0.3) is 11.0 Å². The summed E-state index contributed by atoms with van der Waals surface area (Å²) in [5.74, 6) is 1.00. The Morgan fingerprint density at radius 2 is 2.23 bits per heavy atom. The molecule has 0 unspecified atom stereocenters. The van der Waals surface area contributed by atoms with Crippen molar-refractivity contribution in [1.29, 1.82) is 0 Å². The van der Waals surface area contributed by atoms with Crippen molar-refractivity contribution < 1.29 is 9.53 Å². The van der Waals surface area contributed by atoms with Gasteiger partial charge in [0.05, 0.1) is 24.4 Å². The molecule has 22 heavy (non-hydrogen) atoms. The van der Waals surface area contributed by atoms with Gasteiger partial charge in [-0.3, -0.25) is 9.48 Å². The minimum absolute atomic E-state index is 0.0274. The van der Waals surface area contributed by atoms with Gasteiger partial charge in [0.1, 0.15) is 17.1 Å². The molecule has 0 spiro atoms. The molecule has 0 bridgehead atoms. The van der Waals surface area contributed by atoms with Gasteiger partial charge in [0, 0.05) is 12.6 Å². The zero-order chi connectivity index (χ0) is 15.5.